The van der Waals surface area contributed by atoms with Crippen molar-refractivity contribution in [1.82, 2.24) is 5.32 Å². The quantitative estimate of drug-likeness (QED) is 0.755. The molecule has 2 aromatic rings. The Morgan fingerprint density at radius 2 is 2.00 bits per heavy atom. The molecule has 0 saturated heterocycles. The molecule has 0 radical (unpaired) electrons. The van der Waals surface area contributed by atoms with Crippen LogP contribution in [0.3, 0.4) is 0 Å². The number of nitrogens with two attached hydrogens (primary N) is 2. The molecule has 1 aliphatic heterocycles. The van der Waals surface area contributed by atoms with E-state index in [0.717, 1.165) is 6.07 Å². The molecule has 2 aromatic carbocycles. The second-order valence-electron chi connectivity index (χ2n) is 6.19. The first kappa shape index (κ1) is 17.9. The number of carbonyl (C=O) groups excluding carboxylic acids is 2. The highest BCUT2D eigenvalue weighted by atomic mass is 19.1. The van der Waals surface area contributed by atoms with Crippen LogP contribution in [0.1, 0.15) is 39.9 Å². The molecule has 2 atom stereocenters. The second kappa shape index (κ2) is 7.53. The first-order valence-electron chi connectivity index (χ1n) is 8.31. The van der Waals surface area contributed by atoms with Crippen molar-refractivity contribution in [3.63, 3.8) is 0 Å². The topological polar surface area (TPSA) is 107 Å². The van der Waals surface area contributed by atoms with Gasteiger partial charge in [-0.05, 0) is 17.7 Å². The number of ether oxygens (including phenoxy) is 1. The van der Waals surface area contributed by atoms with Crippen molar-refractivity contribution in [3.8, 4) is 5.75 Å². The predicted octanol–water partition coefficient (Wildman–Crippen LogP) is 1.61. The Kier molecular flexibility index (Phi) is 5.18. The van der Waals surface area contributed by atoms with E-state index in [1.54, 1.807) is 24.3 Å². The van der Waals surface area contributed by atoms with Crippen LogP contribution >= 0.6 is 0 Å². The van der Waals surface area contributed by atoms with E-state index in [9.17, 15) is 14.0 Å². The molecule has 1 aliphatic rings. The molecule has 0 spiro atoms. The van der Waals surface area contributed by atoms with Gasteiger partial charge >= 0.3 is 0 Å². The Morgan fingerprint density at radius 1 is 1.27 bits per heavy atom. The molecule has 0 aliphatic carbocycles. The number of rotatable bonds is 5. The van der Waals surface area contributed by atoms with E-state index in [-0.39, 0.29) is 23.9 Å². The summed E-state index contributed by atoms with van der Waals surface area (Å²) >= 11 is 0. The minimum absolute atomic E-state index is 0.00444. The molecule has 1 unspecified atom stereocenters. The summed E-state index contributed by atoms with van der Waals surface area (Å²) in [6.45, 7) is 0.351. The summed E-state index contributed by atoms with van der Waals surface area (Å²) in [6, 6.07) is 10.9. The SMILES string of the molecule is NC(=O)[C@@H](CNC(=O)c1cc(F)cc2c1OCCC2N)c1ccccc1. The van der Waals surface area contributed by atoms with Crippen LogP contribution in [0.2, 0.25) is 0 Å². The van der Waals surface area contributed by atoms with E-state index in [1.165, 1.54) is 6.07 Å². The first-order valence-corrected chi connectivity index (χ1v) is 8.31. The van der Waals surface area contributed by atoms with E-state index < -0.39 is 23.5 Å². The number of nitrogens with one attached hydrogen (secondary N) is 1. The smallest absolute Gasteiger partial charge is 0.255 e. The van der Waals surface area contributed by atoms with Gasteiger partial charge < -0.3 is 21.5 Å². The van der Waals surface area contributed by atoms with E-state index in [0.29, 0.717) is 24.2 Å². The standard InChI is InChI=1S/C19H20FN3O3/c20-12-8-13-16(21)6-7-26-17(13)14(9-12)19(25)23-10-15(18(22)24)11-4-2-1-3-5-11/h1-5,8-9,15-16H,6-7,10,21H2,(H2,22,24)(H,23,25)/t15-,16?/m0/s1. The van der Waals surface area contributed by atoms with E-state index in [1.807, 2.05) is 6.07 Å². The predicted molar refractivity (Wildman–Crippen MR) is 94.2 cm³/mol. The highest BCUT2D eigenvalue weighted by molar-refractivity contribution is 5.98. The van der Waals surface area contributed by atoms with Gasteiger partial charge in [0.1, 0.15) is 11.6 Å². The number of hydrogen-bond donors (Lipinski definition) is 3. The van der Waals surface area contributed by atoms with Crippen molar-refractivity contribution in [2.24, 2.45) is 11.5 Å². The average Bonchev–Trinajstić information content (AvgIpc) is 2.62. The molecule has 136 valence electrons. The molecular weight excluding hydrogens is 337 g/mol. The average molecular weight is 357 g/mol. The van der Waals surface area contributed by atoms with Gasteiger partial charge in [-0.2, -0.15) is 0 Å². The summed E-state index contributed by atoms with van der Waals surface area (Å²) in [5, 5.41) is 2.64. The Morgan fingerprint density at radius 3 is 2.69 bits per heavy atom. The fourth-order valence-corrected chi connectivity index (χ4v) is 3.02. The minimum atomic E-state index is -0.687. The van der Waals surface area contributed by atoms with Crippen LogP contribution in [0.4, 0.5) is 4.39 Å². The molecule has 0 fully saturated rings. The zero-order valence-electron chi connectivity index (χ0n) is 14.1. The fraction of sp³-hybridized carbons (Fsp3) is 0.263. The number of halogens is 1. The fourth-order valence-electron chi connectivity index (χ4n) is 3.02. The van der Waals surface area contributed by atoms with Gasteiger partial charge in [-0.15, -0.1) is 0 Å². The number of carbonyl (C=O) groups is 2. The molecule has 7 heteroatoms. The van der Waals surface area contributed by atoms with Gasteiger partial charge in [0.15, 0.2) is 0 Å². The number of primary amides is 1. The van der Waals surface area contributed by atoms with Gasteiger partial charge in [0.05, 0.1) is 18.1 Å². The molecule has 2 amide bonds. The number of benzene rings is 2. The molecule has 6 nitrogen and oxygen atoms in total. The van der Waals surface area contributed by atoms with Crippen LogP contribution in [0.15, 0.2) is 42.5 Å². The van der Waals surface area contributed by atoms with Crippen molar-refractivity contribution in [1.29, 1.82) is 0 Å². The maximum Gasteiger partial charge on any atom is 0.255 e. The van der Waals surface area contributed by atoms with Gasteiger partial charge in [-0.1, -0.05) is 30.3 Å². The Hall–Kier alpha value is -2.93. The molecule has 3 rings (SSSR count). The Labute approximate surface area is 150 Å². The molecule has 5 N–H and O–H groups in total. The van der Waals surface area contributed by atoms with Crippen molar-refractivity contribution >= 4 is 11.8 Å². The third kappa shape index (κ3) is 3.67. The lowest BCUT2D eigenvalue weighted by atomic mass is 9.96. The summed E-state index contributed by atoms with van der Waals surface area (Å²) in [6.07, 6.45) is 0.551. The van der Waals surface area contributed by atoms with Crippen molar-refractivity contribution in [2.75, 3.05) is 13.2 Å². The maximum absolute atomic E-state index is 13.9. The zero-order chi connectivity index (χ0) is 18.7. The summed E-state index contributed by atoms with van der Waals surface area (Å²) < 4.78 is 19.5. The summed E-state index contributed by atoms with van der Waals surface area (Å²) in [5.74, 6) is -2.07. The van der Waals surface area contributed by atoms with Crippen LogP contribution in [-0.2, 0) is 4.79 Å². The van der Waals surface area contributed by atoms with E-state index in [4.69, 9.17) is 16.2 Å². The van der Waals surface area contributed by atoms with Crippen molar-refractivity contribution in [2.45, 2.75) is 18.4 Å². The van der Waals surface area contributed by atoms with Gasteiger partial charge in [-0.25, -0.2) is 4.39 Å². The van der Waals surface area contributed by atoms with Crippen LogP contribution in [0.5, 0.6) is 5.75 Å². The first-order chi connectivity index (χ1) is 12.5. The van der Waals surface area contributed by atoms with Crippen molar-refractivity contribution in [3.05, 3.63) is 65.0 Å². The van der Waals surface area contributed by atoms with Crippen LogP contribution in [0, 0.1) is 5.82 Å². The highest BCUT2D eigenvalue weighted by Crippen LogP contribution is 2.34. The molecule has 0 aromatic heterocycles. The lowest BCUT2D eigenvalue weighted by molar-refractivity contribution is -0.119. The molecule has 0 bridgehead atoms. The van der Waals surface area contributed by atoms with Crippen LogP contribution in [-0.4, -0.2) is 25.0 Å². The zero-order valence-corrected chi connectivity index (χ0v) is 14.1. The maximum atomic E-state index is 13.9. The van der Waals surface area contributed by atoms with E-state index in [2.05, 4.69) is 5.32 Å². The summed E-state index contributed by atoms with van der Waals surface area (Å²) in [7, 11) is 0. The Bertz CT molecular complexity index is 826. The third-order valence-electron chi connectivity index (χ3n) is 4.41. The van der Waals surface area contributed by atoms with Gasteiger partial charge in [0.25, 0.3) is 5.91 Å². The molecule has 26 heavy (non-hydrogen) atoms. The van der Waals surface area contributed by atoms with Gasteiger partial charge in [-0.3, -0.25) is 9.59 Å². The molecule has 0 saturated carbocycles. The highest BCUT2D eigenvalue weighted by Gasteiger charge is 2.26. The van der Waals surface area contributed by atoms with Crippen LogP contribution in [0.25, 0.3) is 0 Å². The second-order valence-corrected chi connectivity index (χ2v) is 6.19. The van der Waals surface area contributed by atoms with Crippen LogP contribution < -0.4 is 21.5 Å². The molecule has 1 heterocycles. The minimum Gasteiger partial charge on any atom is -0.492 e. The largest absolute Gasteiger partial charge is 0.492 e. The molecular formula is C19H20FN3O3. The lowest BCUT2D eigenvalue weighted by Crippen LogP contribution is -2.35. The van der Waals surface area contributed by atoms with Gasteiger partial charge in [0.2, 0.25) is 5.91 Å². The van der Waals surface area contributed by atoms with Gasteiger partial charge in [0, 0.05) is 24.6 Å². The normalized spacial score (nSPS) is 16.9. The lowest BCUT2D eigenvalue weighted by Gasteiger charge is -2.25. The summed E-state index contributed by atoms with van der Waals surface area (Å²) in [5.41, 5.74) is 12.7. The third-order valence-corrected chi connectivity index (χ3v) is 4.41. The summed E-state index contributed by atoms with van der Waals surface area (Å²) in [4.78, 5) is 24.3. The number of fused-ring (bicyclic) bond motifs is 1. The van der Waals surface area contributed by atoms with E-state index >= 15 is 0 Å². The van der Waals surface area contributed by atoms with Crippen molar-refractivity contribution < 1.29 is 18.7 Å². The number of hydrogen-bond acceptors (Lipinski definition) is 4. The number of amides is 2. The Balaban J connectivity index is 1.81. The monoisotopic (exact) mass is 357 g/mol.